The van der Waals surface area contributed by atoms with E-state index in [1.54, 1.807) is 14.1 Å². The van der Waals surface area contributed by atoms with Gasteiger partial charge in [-0.3, -0.25) is 0 Å². The number of benzene rings is 14. The van der Waals surface area contributed by atoms with E-state index in [2.05, 4.69) is 242 Å². The van der Waals surface area contributed by atoms with Gasteiger partial charge in [-0.25, -0.2) is 0 Å². The summed E-state index contributed by atoms with van der Waals surface area (Å²) < 4.78 is 0. The summed E-state index contributed by atoms with van der Waals surface area (Å²) >= 11 is 0. The van der Waals surface area contributed by atoms with Gasteiger partial charge in [-0.15, -0.1) is 0 Å². The molecule has 0 unspecified atom stereocenters. The molecule has 16 aromatic carbocycles. The molecule has 0 saturated heterocycles. The number of nitrogens with one attached hydrogen (secondary N) is 4. The van der Waals surface area contributed by atoms with Gasteiger partial charge in [0.05, 0.1) is 11.4 Å². The van der Waals surface area contributed by atoms with Gasteiger partial charge in [0.15, 0.2) is 0 Å². The minimum Gasteiger partial charge on any atom is -0.409 e. The summed E-state index contributed by atoms with van der Waals surface area (Å²) in [6.45, 7) is 0. The maximum absolute atomic E-state index is 5.73. The molecule has 4 N–H and O–H groups in total. The normalized spacial score (nSPS) is 12.1. The van der Waals surface area contributed by atoms with Crippen molar-refractivity contribution in [3.05, 3.63) is 231 Å². The molecule has 398 valence electrons. The smallest absolute Gasteiger partial charge is 0.147 e. The fourth-order valence-electron chi connectivity index (χ4n) is 15.1. The zero-order valence-electron chi connectivity index (χ0n) is 46.8. The molecule has 0 amide bonds. The standard InChI is InChI=1S/C78H54N4O2/c1-79-77-73-61-25-13-22-55-52(51-36-35-48(43-15-6-5-7-16-43)49-17-8-9-18-50(49)51)38-41-64(69(55)61)75(73)78(80-2)76-65-42-39-54(57-23-14-26-62(70(57)65)74(76)77)53-37-40-63-68-56(53)21-12-24-60(68)71-66(44-27-31-46(32-28-44)83-81-3)58-19-10-11-20-59(58)67(72(63)71)45-29-33-47(34-30-45)84-82-4/h5-42,79-82H,1-4H3. The van der Waals surface area contributed by atoms with Crippen LogP contribution >= 0.6 is 0 Å². The summed E-state index contributed by atoms with van der Waals surface area (Å²) in [5.41, 5.74) is 25.0. The van der Waals surface area contributed by atoms with E-state index in [-0.39, 0.29) is 0 Å². The van der Waals surface area contributed by atoms with Gasteiger partial charge in [-0.1, -0.05) is 206 Å². The van der Waals surface area contributed by atoms with Crippen LogP contribution in [-0.2, 0) is 0 Å². The van der Waals surface area contributed by atoms with Crippen molar-refractivity contribution in [2.45, 2.75) is 0 Å². The number of anilines is 2. The van der Waals surface area contributed by atoms with Crippen LogP contribution in [0, 0.1) is 0 Å². The maximum atomic E-state index is 5.73. The van der Waals surface area contributed by atoms with Crippen molar-refractivity contribution >= 4 is 108 Å². The highest BCUT2D eigenvalue weighted by Gasteiger charge is 2.33. The SMILES string of the molecule is CNOc1ccc(-c2c3c(c(-c4ccc(ONC)cc4)c4ccccc24)-c2ccc(-c4ccc5c6c(NC)c7c8ccc(-c9ccc(-c%10ccccc%10)c%10ccccc9%10)c9cccc(c7c(NC)c6c6cccc4c65)c98)c4cccc-3c24)cc1. The molecular formula is C78H54N4O2. The minimum absolute atomic E-state index is 0.757. The molecule has 0 atom stereocenters. The number of hydrogen-bond acceptors (Lipinski definition) is 6. The molecule has 84 heavy (non-hydrogen) atoms. The van der Waals surface area contributed by atoms with Crippen molar-refractivity contribution in [3.8, 4) is 89.4 Å². The van der Waals surface area contributed by atoms with Crippen LogP contribution in [0.3, 0.4) is 0 Å². The second kappa shape index (κ2) is 18.5. The Bertz CT molecular complexity index is 5240. The van der Waals surface area contributed by atoms with Gasteiger partial charge in [-0.05, 0) is 178 Å². The molecule has 0 heterocycles. The maximum Gasteiger partial charge on any atom is 0.147 e. The molecule has 0 aliphatic heterocycles. The molecule has 0 aromatic heterocycles. The van der Waals surface area contributed by atoms with Crippen LogP contribution in [0.4, 0.5) is 11.4 Å². The Hall–Kier alpha value is -10.5. The first-order valence-corrected chi connectivity index (χ1v) is 28.9. The first kappa shape index (κ1) is 48.2. The summed E-state index contributed by atoms with van der Waals surface area (Å²) in [4.78, 5) is 11.5. The molecule has 0 spiro atoms. The van der Waals surface area contributed by atoms with Crippen LogP contribution in [0.25, 0.3) is 175 Å². The average Bonchev–Trinajstić information content (AvgIpc) is 2.09. The lowest BCUT2D eigenvalue weighted by atomic mass is 9.82. The quantitative estimate of drug-likeness (QED) is 0.0765. The highest BCUT2D eigenvalue weighted by atomic mass is 16.6. The zero-order valence-corrected chi connectivity index (χ0v) is 46.8. The van der Waals surface area contributed by atoms with E-state index in [1.165, 1.54) is 164 Å². The highest BCUT2D eigenvalue weighted by Crippen LogP contribution is 2.60. The Morgan fingerprint density at radius 2 is 0.560 bits per heavy atom. The lowest BCUT2D eigenvalue weighted by Gasteiger charge is -2.20. The second-order valence-corrected chi connectivity index (χ2v) is 22.2. The monoisotopic (exact) mass is 1080 g/mol. The fraction of sp³-hybridized carbons (Fsp3) is 0.0513. The molecule has 1 aliphatic carbocycles. The fourth-order valence-corrected chi connectivity index (χ4v) is 15.1. The van der Waals surface area contributed by atoms with E-state index in [0.717, 1.165) is 34.0 Å². The highest BCUT2D eigenvalue weighted by molar-refractivity contribution is 6.47. The summed E-state index contributed by atoms with van der Waals surface area (Å²) in [5, 5.41) is 30.1. The lowest BCUT2D eigenvalue weighted by Crippen LogP contribution is -2.10. The molecule has 0 saturated carbocycles. The van der Waals surface area contributed by atoms with E-state index < -0.39 is 0 Å². The van der Waals surface area contributed by atoms with E-state index >= 15 is 0 Å². The predicted molar refractivity (Wildman–Crippen MR) is 356 cm³/mol. The van der Waals surface area contributed by atoms with Crippen molar-refractivity contribution in [3.63, 3.8) is 0 Å². The molecule has 0 fully saturated rings. The second-order valence-electron chi connectivity index (χ2n) is 22.2. The van der Waals surface area contributed by atoms with Gasteiger partial charge >= 0.3 is 0 Å². The Morgan fingerprint density at radius 3 is 1.04 bits per heavy atom. The first-order chi connectivity index (χ1) is 41.6. The van der Waals surface area contributed by atoms with E-state index in [4.69, 9.17) is 9.68 Å². The van der Waals surface area contributed by atoms with Crippen LogP contribution in [0.15, 0.2) is 231 Å². The number of fused-ring (bicyclic) bond motifs is 11. The molecule has 1 aliphatic rings. The van der Waals surface area contributed by atoms with Crippen LogP contribution < -0.4 is 31.3 Å². The summed E-state index contributed by atoms with van der Waals surface area (Å²) in [6.07, 6.45) is 0. The molecule has 0 radical (unpaired) electrons. The van der Waals surface area contributed by atoms with Gasteiger partial charge < -0.3 is 20.3 Å². The predicted octanol–water partition coefficient (Wildman–Crippen LogP) is 20.0. The van der Waals surface area contributed by atoms with Crippen molar-refractivity contribution in [2.24, 2.45) is 0 Å². The molecule has 0 bridgehead atoms. The molecule has 6 heteroatoms. The Morgan fingerprint density at radius 1 is 0.214 bits per heavy atom. The van der Waals surface area contributed by atoms with Gasteiger partial charge in [0, 0.05) is 49.7 Å². The van der Waals surface area contributed by atoms with Crippen molar-refractivity contribution in [1.82, 2.24) is 11.0 Å². The van der Waals surface area contributed by atoms with Crippen molar-refractivity contribution in [1.29, 1.82) is 0 Å². The Balaban J connectivity index is 0.884. The van der Waals surface area contributed by atoms with Gasteiger partial charge in [0.25, 0.3) is 0 Å². The van der Waals surface area contributed by atoms with Gasteiger partial charge in [-0.2, -0.15) is 11.0 Å². The van der Waals surface area contributed by atoms with Gasteiger partial charge in [0.1, 0.15) is 11.5 Å². The molecule has 17 rings (SSSR count). The Labute approximate surface area is 485 Å². The zero-order chi connectivity index (χ0) is 55.9. The third kappa shape index (κ3) is 6.63. The molecule has 16 aromatic rings. The van der Waals surface area contributed by atoms with E-state index in [0.29, 0.717) is 0 Å². The number of hydroxylamine groups is 2. The van der Waals surface area contributed by atoms with Crippen LogP contribution in [0.1, 0.15) is 0 Å². The van der Waals surface area contributed by atoms with E-state index in [9.17, 15) is 0 Å². The largest absolute Gasteiger partial charge is 0.409 e. The third-order valence-corrected chi connectivity index (χ3v) is 18.3. The minimum atomic E-state index is 0.757. The van der Waals surface area contributed by atoms with Crippen molar-refractivity contribution < 1.29 is 9.68 Å². The summed E-state index contributed by atoms with van der Waals surface area (Å²) in [5.74, 6) is 1.51. The first-order valence-electron chi connectivity index (χ1n) is 28.9. The van der Waals surface area contributed by atoms with Gasteiger partial charge in [0.2, 0.25) is 0 Å². The molecule has 6 nitrogen and oxygen atoms in total. The van der Waals surface area contributed by atoms with Crippen LogP contribution in [0.2, 0.25) is 0 Å². The average molecular weight is 1080 g/mol. The number of rotatable bonds is 11. The third-order valence-electron chi connectivity index (χ3n) is 18.3. The van der Waals surface area contributed by atoms with Crippen LogP contribution in [0.5, 0.6) is 11.5 Å². The van der Waals surface area contributed by atoms with E-state index in [1.807, 2.05) is 24.3 Å². The topological polar surface area (TPSA) is 66.6 Å². The van der Waals surface area contributed by atoms with Crippen molar-refractivity contribution in [2.75, 3.05) is 38.8 Å². The molecular weight excluding hydrogens is 1020 g/mol. The summed E-state index contributed by atoms with van der Waals surface area (Å²) in [7, 11) is 7.77. The lowest BCUT2D eigenvalue weighted by molar-refractivity contribution is 0.224. The Kier molecular flexibility index (Phi) is 10.6. The summed E-state index contributed by atoms with van der Waals surface area (Å²) in [6, 6.07) is 85.2. The number of hydrogen-bond donors (Lipinski definition) is 4. The van der Waals surface area contributed by atoms with Crippen LogP contribution in [-0.4, -0.2) is 28.2 Å².